The van der Waals surface area contributed by atoms with Gasteiger partial charge in [-0.1, -0.05) is 25.6 Å². The van der Waals surface area contributed by atoms with Crippen LogP contribution in [0.5, 0.6) is 0 Å². The standard InChI is InChI=1S/C12H15NO4S/c1-7(2)9(11(14)15)18-10-8(12(16)17-3)5-4-6-13-10/h4-7,9H,1-3H3,(H,14,15). The minimum atomic E-state index is -0.920. The summed E-state index contributed by atoms with van der Waals surface area (Å²) < 4.78 is 4.64. The summed E-state index contributed by atoms with van der Waals surface area (Å²) in [7, 11) is 1.28. The molecule has 1 aromatic heterocycles. The van der Waals surface area contributed by atoms with Crippen LogP contribution in [0.15, 0.2) is 23.4 Å². The van der Waals surface area contributed by atoms with Crippen molar-refractivity contribution in [2.75, 3.05) is 7.11 Å². The molecule has 1 heterocycles. The maximum absolute atomic E-state index is 11.5. The summed E-state index contributed by atoms with van der Waals surface area (Å²) in [5.41, 5.74) is 0.289. The number of methoxy groups -OCH3 is 1. The molecule has 18 heavy (non-hydrogen) atoms. The molecule has 0 radical (unpaired) electrons. The van der Waals surface area contributed by atoms with Crippen LogP contribution in [0.2, 0.25) is 0 Å². The first kappa shape index (κ1) is 14.5. The molecule has 1 atom stereocenters. The van der Waals surface area contributed by atoms with Gasteiger partial charge in [0.05, 0.1) is 12.7 Å². The quantitative estimate of drug-likeness (QED) is 0.651. The monoisotopic (exact) mass is 269 g/mol. The van der Waals surface area contributed by atoms with Gasteiger partial charge in [-0.15, -0.1) is 0 Å². The zero-order chi connectivity index (χ0) is 13.7. The molecule has 0 aliphatic heterocycles. The van der Waals surface area contributed by atoms with Crippen LogP contribution in [0.4, 0.5) is 0 Å². The molecule has 0 saturated heterocycles. The van der Waals surface area contributed by atoms with Crippen molar-refractivity contribution in [2.24, 2.45) is 5.92 Å². The van der Waals surface area contributed by atoms with Crippen LogP contribution < -0.4 is 0 Å². The van der Waals surface area contributed by atoms with Crippen molar-refractivity contribution in [2.45, 2.75) is 24.1 Å². The van der Waals surface area contributed by atoms with E-state index >= 15 is 0 Å². The SMILES string of the molecule is COC(=O)c1cccnc1SC(C(=O)O)C(C)C. The Kier molecular flexibility index (Phi) is 5.15. The van der Waals surface area contributed by atoms with Crippen LogP contribution in [0, 0.1) is 5.92 Å². The zero-order valence-electron chi connectivity index (χ0n) is 10.4. The summed E-state index contributed by atoms with van der Waals surface area (Å²) >= 11 is 1.06. The number of carboxylic acid groups (broad SMARTS) is 1. The molecule has 5 nitrogen and oxygen atoms in total. The zero-order valence-corrected chi connectivity index (χ0v) is 11.2. The predicted molar refractivity (Wildman–Crippen MR) is 67.7 cm³/mol. The number of ether oxygens (including phenoxy) is 1. The molecule has 0 bridgehead atoms. The van der Waals surface area contributed by atoms with Crippen LogP contribution in [-0.4, -0.2) is 34.4 Å². The lowest BCUT2D eigenvalue weighted by atomic mass is 10.1. The second-order valence-electron chi connectivity index (χ2n) is 3.97. The third-order valence-electron chi connectivity index (χ3n) is 2.26. The van der Waals surface area contributed by atoms with Gasteiger partial charge in [-0.3, -0.25) is 4.79 Å². The van der Waals surface area contributed by atoms with Crippen molar-refractivity contribution in [3.05, 3.63) is 23.9 Å². The van der Waals surface area contributed by atoms with E-state index in [1.54, 1.807) is 12.1 Å². The van der Waals surface area contributed by atoms with Crippen LogP contribution in [-0.2, 0) is 9.53 Å². The Morgan fingerprint density at radius 1 is 1.44 bits per heavy atom. The number of rotatable bonds is 5. The Labute approximate surface area is 110 Å². The van der Waals surface area contributed by atoms with E-state index in [2.05, 4.69) is 9.72 Å². The second-order valence-corrected chi connectivity index (χ2v) is 5.10. The summed E-state index contributed by atoms with van der Waals surface area (Å²) in [4.78, 5) is 26.7. The Morgan fingerprint density at radius 2 is 2.11 bits per heavy atom. The molecule has 0 aliphatic rings. The van der Waals surface area contributed by atoms with Gasteiger partial charge in [0, 0.05) is 6.20 Å². The molecular weight excluding hydrogens is 254 g/mol. The number of pyridine rings is 1. The highest BCUT2D eigenvalue weighted by molar-refractivity contribution is 8.00. The molecule has 1 rings (SSSR count). The number of carbonyl (C=O) groups is 2. The van der Waals surface area contributed by atoms with E-state index in [9.17, 15) is 9.59 Å². The summed E-state index contributed by atoms with van der Waals surface area (Å²) in [6, 6.07) is 3.18. The maximum Gasteiger partial charge on any atom is 0.340 e. The van der Waals surface area contributed by atoms with E-state index in [4.69, 9.17) is 5.11 Å². The minimum Gasteiger partial charge on any atom is -0.480 e. The molecule has 0 fully saturated rings. The van der Waals surface area contributed by atoms with Gasteiger partial charge < -0.3 is 9.84 Å². The molecule has 98 valence electrons. The van der Waals surface area contributed by atoms with Crippen molar-refractivity contribution >= 4 is 23.7 Å². The molecule has 0 saturated carbocycles. The molecule has 6 heteroatoms. The van der Waals surface area contributed by atoms with E-state index in [1.165, 1.54) is 13.3 Å². The lowest BCUT2D eigenvalue weighted by Crippen LogP contribution is -2.23. The highest BCUT2D eigenvalue weighted by Crippen LogP contribution is 2.29. The average Bonchev–Trinajstić information content (AvgIpc) is 2.34. The lowest BCUT2D eigenvalue weighted by Gasteiger charge is -2.16. The topological polar surface area (TPSA) is 76.5 Å². The number of nitrogens with zero attached hydrogens (tertiary/aromatic N) is 1. The van der Waals surface area contributed by atoms with Crippen LogP contribution in [0.1, 0.15) is 24.2 Å². The smallest absolute Gasteiger partial charge is 0.340 e. The van der Waals surface area contributed by atoms with E-state index < -0.39 is 17.2 Å². The summed E-state index contributed by atoms with van der Waals surface area (Å²) in [5.74, 6) is -1.50. The van der Waals surface area contributed by atoms with Crippen molar-refractivity contribution in [3.63, 3.8) is 0 Å². The van der Waals surface area contributed by atoms with Crippen molar-refractivity contribution in [1.29, 1.82) is 0 Å². The second kappa shape index (κ2) is 6.39. The highest BCUT2D eigenvalue weighted by atomic mass is 32.2. The Morgan fingerprint density at radius 3 is 2.61 bits per heavy atom. The number of hydrogen-bond acceptors (Lipinski definition) is 5. The number of thioether (sulfide) groups is 1. The molecule has 1 N–H and O–H groups in total. The number of aliphatic carboxylic acids is 1. The highest BCUT2D eigenvalue weighted by Gasteiger charge is 2.25. The van der Waals surface area contributed by atoms with Gasteiger partial charge in [-0.25, -0.2) is 9.78 Å². The van der Waals surface area contributed by atoms with Crippen LogP contribution in [0.25, 0.3) is 0 Å². The summed E-state index contributed by atoms with van der Waals surface area (Å²) in [6.45, 7) is 3.62. The fraction of sp³-hybridized carbons (Fsp3) is 0.417. The molecule has 1 aromatic rings. The fourth-order valence-corrected chi connectivity index (χ4v) is 2.36. The summed E-state index contributed by atoms with van der Waals surface area (Å²) in [6.07, 6.45) is 1.52. The van der Waals surface area contributed by atoms with Crippen molar-refractivity contribution in [1.82, 2.24) is 4.98 Å². The molecule has 0 aromatic carbocycles. The molecule has 0 amide bonds. The number of hydrogen-bond donors (Lipinski definition) is 1. The number of aromatic nitrogens is 1. The van der Waals surface area contributed by atoms with Gasteiger partial charge in [0.1, 0.15) is 10.3 Å². The van der Waals surface area contributed by atoms with Gasteiger partial charge in [0.25, 0.3) is 0 Å². The maximum atomic E-state index is 11.5. The Hall–Kier alpha value is -1.56. The van der Waals surface area contributed by atoms with Gasteiger partial charge in [0.15, 0.2) is 0 Å². The molecule has 1 unspecified atom stereocenters. The number of carbonyl (C=O) groups excluding carboxylic acids is 1. The first-order valence-electron chi connectivity index (χ1n) is 5.40. The minimum absolute atomic E-state index is 0.0694. The van der Waals surface area contributed by atoms with Crippen molar-refractivity contribution < 1.29 is 19.4 Å². The van der Waals surface area contributed by atoms with Crippen LogP contribution in [0.3, 0.4) is 0 Å². The largest absolute Gasteiger partial charge is 0.480 e. The number of esters is 1. The fourth-order valence-electron chi connectivity index (χ4n) is 1.34. The predicted octanol–water partition coefficient (Wildman–Crippen LogP) is 2.07. The summed E-state index contributed by atoms with van der Waals surface area (Å²) in [5, 5.41) is 8.86. The first-order valence-corrected chi connectivity index (χ1v) is 6.28. The third kappa shape index (κ3) is 3.46. The third-order valence-corrected chi connectivity index (χ3v) is 3.81. The Balaban J connectivity index is 3.03. The van der Waals surface area contributed by atoms with Crippen molar-refractivity contribution in [3.8, 4) is 0 Å². The average molecular weight is 269 g/mol. The van der Waals surface area contributed by atoms with E-state index in [0.29, 0.717) is 5.03 Å². The molecule has 0 spiro atoms. The van der Waals surface area contributed by atoms with E-state index in [1.807, 2.05) is 13.8 Å². The normalized spacial score (nSPS) is 12.2. The lowest BCUT2D eigenvalue weighted by molar-refractivity contribution is -0.137. The van der Waals surface area contributed by atoms with E-state index in [0.717, 1.165) is 11.8 Å². The van der Waals surface area contributed by atoms with Crippen LogP contribution >= 0.6 is 11.8 Å². The molecule has 0 aliphatic carbocycles. The number of carboxylic acids is 1. The van der Waals surface area contributed by atoms with Gasteiger partial charge in [-0.05, 0) is 18.1 Å². The van der Waals surface area contributed by atoms with Gasteiger partial charge in [-0.2, -0.15) is 0 Å². The molecular formula is C12H15NO4S. The Bertz CT molecular complexity index is 447. The van der Waals surface area contributed by atoms with Gasteiger partial charge in [0.2, 0.25) is 0 Å². The van der Waals surface area contributed by atoms with Gasteiger partial charge >= 0.3 is 11.9 Å². The van der Waals surface area contributed by atoms with E-state index in [-0.39, 0.29) is 11.5 Å². The first-order chi connectivity index (χ1) is 8.47.